The van der Waals surface area contributed by atoms with E-state index in [0.717, 1.165) is 25.7 Å². The van der Waals surface area contributed by atoms with Crippen LogP contribution in [0.1, 0.15) is 25.7 Å². The first-order valence-corrected chi connectivity index (χ1v) is 6.84. The molecule has 84 valence electrons. The van der Waals surface area contributed by atoms with Crippen LogP contribution in [0.3, 0.4) is 0 Å². The van der Waals surface area contributed by atoms with Crippen LogP contribution in [0.15, 0.2) is 0 Å². The van der Waals surface area contributed by atoms with Crippen molar-refractivity contribution in [3.05, 3.63) is 0 Å². The molecule has 0 aliphatic heterocycles. The molecule has 0 radical (unpaired) electrons. The summed E-state index contributed by atoms with van der Waals surface area (Å²) >= 11 is 0. The standard InChI is InChI=1S/C9H19NO3S/c1-10(14(2,12)13)9-5-3-8(7-11)4-6-9/h8-9,11H,3-7H2,1-2H3/t8-,9-. The Balaban J connectivity index is 2.50. The van der Waals surface area contributed by atoms with Crippen LogP contribution in [0, 0.1) is 5.92 Å². The molecule has 4 nitrogen and oxygen atoms in total. The van der Waals surface area contributed by atoms with E-state index in [1.54, 1.807) is 7.05 Å². The van der Waals surface area contributed by atoms with Crippen molar-refractivity contribution in [2.45, 2.75) is 31.7 Å². The quantitative estimate of drug-likeness (QED) is 0.752. The first-order chi connectivity index (χ1) is 6.45. The molecule has 0 spiro atoms. The number of aliphatic hydroxyl groups excluding tert-OH is 1. The van der Waals surface area contributed by atoms with Crippen molar-refractivity contribution in [2.75, 3.05) is 19.9 Å². The van der Waals surface area contributed by atoms with Crippen molar-refractivity contribution >= 4 is 10.0 Å². The van der Waals surface area contributed by atoms with Gasteiger partial charge in [-0.05, 0) is 31.6 Å². The van der Waals surface area contributed by atoms with Crippen LogP contribution in [0.25, 0.3) is 0 Å². The van der Waals surface area contributed by atoms with Crippen LogP contribution in [-0.2, 0) is 10.0 Å². The Bertz CT molecular complexity index is 268. The molecule has 1 aliphatic carbocycles. The van der Waals surface area contributed by atoms with Crippen molar-refractivity contribution in [3.8, 4) is 0 Å². The van der Waals surface area contributed by atoms with Crippen LogP contribution in [-0.4, -0.2) is 43.8 Å². The lowest BCUT2D eigenvalue weighted by Gasteiger charge is -2.32. The second-order valence-electron chi connectivity index (χ2n) is 4.14. The molecule has 1 rings (SSSR count). The highest BCUT2D eigenvalue weighted by molar-refractivity contribution is 7.88. The fourth-order valence-corrected chi connectivity index (χ4v) is 2.71. The van der Waals surface area contributed by atoms with E-state index in [4.69, 9.17) is 5.11 Å². The average Bonchev–Trinajstić information content (AvgIpc) is 2.15. The van der Waals surface area contributed by atoms with Crippen LogP contribution in [0.4, 0.5) is 0 Å². The van der Waals surface area contributed by atoms with Gasteiger partial charge in [-0.3, -0.25) is 0 Å². The number of sulfonamides is 1. The van der Waals surface area contributed by atoms with Gasteiger partial charge >= 0.3 is 0 Å². The number of nitrogens with zero attached hydrogens (tertiary/aromatic N) is 1. The Morgan fingerprint density at radius 2 is 1.79 bits per heavy atom. The number of hydrogen-bond acceptors (Lipinski definition) is 3. The molecule has 1 N–H and O–H groups in total. The Kier molecular flexibility index (Phi) is 3.92. The molecule has 0 bridgehead atoms. The zero-order valence-corrected chi connectivity index (χ0v) is 9.63. The van der Waals surface area contributed by atoms with Gasteiger partial charge < -0.3 is 5.11 Å². The lowest BCUT2D eigenvalue weighted by atomic mass is 9.87. The summed E-state index contributed by atoms with van der Waals surface area (Å²) in [5.74, 6) is 0.374. The molecule has 0 aromatic carbocycles. The largest absolute Gasteiger partial charge is 0.396 e. The van der Waals surface area contributed by atoms with E-state index in [-0.39, 0.29) is 12.6 Å². The van der Waals surface area contributed by atoms with Gasteiger partial charge in [0, 0.05) is 19.7 Å². The van der Waals surface area contributed by atoms with Gasteiger partial charge in [0.2, 0.25) is 10.0 Å². The minimum absolute atomic E-state index is 0.132. The van der Waals surface area contributed by atoms with Gasteiger partial charge in [-0.25, -0.2) is 12.7 Å². The maximum atomic E-state index is 11.3. The molecule has 1 saturated carbocycles. The van der Waals surface area contributed by atoms with Gasteiger partial charge in [-0.1, -0.05) is 0 Å². The van der Waals surface area contributed by atoms with E-state index >= 15 is 0 Å². The molecule has 0 amide bonds. The molecule has 1 fully saturated rings. The minimum Gasteiger partial charge on any atom is -0.396 e. The zero-order valence-electron chi connectivity index (χ0n) is 8.81. The Labute approximate surface area is 86.0 Å². The lowest BCUT2D eigenvalue weighted by Crippen LogP contribution is -2.39. The van der Waals surface area contributed by atoms with Crippen molar-refractivity contribution in [1.82, 2.24) is 4.31 Å². The fourth-order valence-electron chi connectivity index (χ4n) is 1.96. The highest BCUT2D eigenvalue weighted by atomic mass is 32.2. The predicted molar refractivity (Wildman–Crippen MR) is 55.4 cm³/mol. The molecule has 14 heavy (non-hydrogen) atoms. The van der Waals surface area contributed by atoms with Crippen LogP contribution in [0.5, 0.6) is 0 Å². The first kappa shape index (κ1) is 11.9. The zero-order chi connectivity index (χ0) is 10.8. The summed E-state index contributed by atoms with van der Waals surface area (Å²) in [5, 5.41) is 8.94. The van der Waals surface area contributed by atoms with E-state index < -0.39 is 10.0 Å². The van der Waals surface area contributed by atoms with E-state index in [9.17, 15) is 8.42 Å². The molecule has 0 unspecified atom stereocenters. The number of aliphatic hydroxyl groups is 1. The normalized spacial score (nSPS) is 29.4. The summed E-state index contributed by atoms with van der Waals surface area (Å²) < 4.78 is 24.0. The molecule has 0 atom stereocenters. The maximum absolute atomic E-state index is 11.3. The van der Waals surface area contributed by atoms with Gasteiger partial charge in [0.25, 0.3) is 0 Å². The molecule has 0 aromatic rings. The Hall–Kier alpha value is -0.130. The first-order valence-electron chi connectivity index (χ1n) is 4.99. The molecule has 5 heteroatoms. The van der Waals surface area contributed by atoms with Crippen molar-refractivity contribution < 1.29 is 13.5 Å². The van der Waals surface area contributed by atoms with Gasteiger partial charge in [0.15, 0.2) is 0 Å². The predicted octanol–water partition coefficient (Wildman–Crippen LogP) is 0.429. The lowest BCUT2D eigenvalue weighted by molar-refractivity contribution is 0.159. The molecule has 0 saturated heterocycles. The molecular weight excluding hydrogens is 202 g/mol. The van der Waals surface area contributed by atoms with Crippen molar-refractivity contribution in [3.63, 3.8) is 0 Å². The van der Waals surface area contributed by atoms with Crippen LogP contribution in [0.2, 0.25) is 0 Å². The maximum Gasteiger partial charge on any atom is 0.211 e. The van der Waals surface area contributed by atoms with Gasteiger partial charge in [0.1, 0.15) is 0 Å². The number of hydrogen-bond donors (Lipinski definition) is 1. The van der Waals surface area contributed by atoms with E-state index in [1.807, 2.05) is 0 Å². The summed E-state index contributed by atoms with van der Waals surface area (Å²) in [6.45, 7) is 0.231. The van der Waals surface area contributed by atoms with Gasteiger partial charge in [-0.15, -0.1) is 0 Å². The summed E-state index contributed by atoms with van der Waals surface area (Å²) in [6.07, 6.45) is 4.84. The molecule has 0 aromatic heterocycles. The fraction of sp³-hybridized carbons (Fsp3) is 1.00. The van der Waals surface area contributed by atoms with Gasteiger partial charge in [0.05, 0.1) is 6.26 Å². The van der Waals surface area contributed by atoms with Gasteiger partial charge in [-0.2, -0.15) is 0 Å². The highest BCUT2D eigenvalue weighted by Crippen LogP contribution is 2.27. The third kappa shape index (κ3) is 2.93. The van der Waals surface area contributed by atoms with Crippen molar-refractivity contribution in [1.29, 1.82) is 0 Å². The second kappa shape index (κ2) is 4.59. The third-order valence-corrected chi connectivity index (χ3v) is 4.46. The minimum atomic E-state index is -3.06. The van der Waals surface area contributed by atoms with Crippen LogP contribution < -0.4 is 0 Å². The topological polar surface area (TPSA) is 57.6 Å². The summed E-state index contributed by atoms with van der Waals surface area (Å²) in [4.78, 5) is 0. The summed E-state index contributed by atoms with van der Waals surface area (Å²) in [5.41, 5.74) is 0. The average molecular weight is 221 g/mol. The van der Waals surface area contributed by atoms with Crippen LogP contribution >= 0.6 is 0 Å². The molecular formula is C9H19NO3S. The van der Waals surface area contributed by atoms with Crippen molar-refractivity contribution in [2.24, 2.45) is 5.92 Å². The smallest absolute Gasteiger partial charge is 0.211 e. The monoisotopic (exact) mass is 221 g/mol. The molecule has 0 heterocycles. The Morgan fingerprint density at radius 3 is 2.14 bits per heavy atom. The summed E-state index contributed by atoms with van der Waals surface area (Å²) in [7, 11) is -1.42. The highest BCUT2D eigenvalue weighted by Gasteiger charge is 2.27. The third-order valence-electron chi connectivity index (χ3n) is 3.11. The summed E-state index contributed by atoms with van der Waals surface area (Å²) in [6, 6.07) is 0.132. The van der Waals surface area contributed by atoms with E-state index in [1.165, 1.54) is 10.6 Å². The Morgan fingerprint density at radius 1 is 1.29 bits per heavy atom. The van der Waals surface area contributed by atoms with E-state index in [0.29, 0.717) is 5.92 Å². The van der Waals surface area contributed by atoms with E-state index in [2.05, 4.69) is 0 Å². The SMILES string of the molecule is CN([C@H]1CC[C@H](CO)CC1)S(C)(=O)=O. The molecule has 1 aliphatic rings. The number of rotatable bonds is 3. The second-order valence-corrected chi connectivity index (χ2v) is 6.18.